The van der Waals surface area contributed by atoms with E-state index in [1.807, 2.05) is 24.3 Å². The van der Waals surface area contributed by atoms with Crippen molar-refractivity contribution in [1.82, 2.24) is 4.57 Å². The predicted octanol–water partition coefficient (Wildman–Crippen LogP) is 2.93. The molecule has 1 unspecified atom stereocenters. The van der Waals surface area contributed by atoms with E-state index in [1.165, 1.54) is 10.6 Å². The molecule has 2 aromatic carbocycles. The number of amides is 1. The van der Waals surface area contributed by atoms with Crippen LogP contribution < -0.4 is 10.2 Å². The number of aryl methyl sites for hydroxylation is 1. The van der Waals surface area contributed by atoms with Crippen LogP contribution in [0.4, 0.5) is 5.69 Å². The van der Waals surface area contributed by atoms with E-state index >= 15 is 0 Å². The van der Waals surface area contributed by atoms with Gasteiger partial charge in [-0.1, -0.05) is 36.4 Å². The first-order valence-corrected chi connectivity index (χ1v) is 9.40. The van der Waals surface area contributed by atoms with Gasteiger partial charge in [0, 0.05) is 37.2 Å². The summed E-state index contributed by atoms with van der Waals surface area (Å²) in [6, 6.07) is 18.8. The van der Waals surface area contributed by atoms with Crippen LogP contribution >= 0.6 is 0 Å². The second-order valence-corrected chi connectivity index (χ2v) is 7.30. The molecule has 1 saturated heterocycles. The zero-order valence-corrected chi connectivity index (χ0v) is 15.4. The van der Waals surface area contributed by atoms with Gasteiger partial charge in [0.15, 0.2) is 6.04 Å². The minimum Gasteiger partial charge on any atom is -0.350 e. The second kappa shape index (κ2) is 6.96. The average molecular weight is 348 g/mol. The lowest BCUT2D eigenvalue weighted by Crippen LogP contribution is -3.15. The lowest BCUT2D eigenvalue weighted by molar-refractivity contribution is -0.932. The molecule has 0 saturated carbocycles. The van der Waals surface area contributed by atoms with Crippen LogP contribution in [0, 0.1) is 0 Å². The van der Waals surface area contributed by atoms with Gasteiger partial charge in [-0.3, -0.25) is 4.79 Å². The van der Waals surface area contributed by atoms with Crippen LogP contribution in [0.25, 0.3) is 10.8 Å². The average Bonchev–Trinajstić information content (AvgIpc) is 3.29. The Labute approximate surface area is 154 Å². The van der Waals surface area contributed by atoms with Crippen molar-refractivity contribution >= 4 is 22.4 Å². The summed E-state index contributed by atoms with van der Waals surface area (Å²) in [5.41, 5.74) is 2.22. The van der Waals surface area contributed by atoms with E-state index in [-0.39, 0.29) is 11.9 Å². The van der Waals surface area contributed by atoms with Crippen molar-refractivity contribution in [2.45, 2.75) is 31.8 Å². The van der Waals surface area contributed by atoms with Gasteiger partial charge in [-0.05, 0) is 30.5 Å². The third-order valence-electron chi connectivity index (χ3n) is 5.74. The fourth-order valence-corrected chi connectivity index (χ4v) is 4.31. The normalized spacial score (nSPS) is 21.0. The molecular weight excluding hydrogens is 322 g/mol. The lowest BCUT2D eigenvalue weighted by atomic mass is 10.1. The molecule has 1 fully saturated rings. The molecule has 0 bridgehead atoms. The zero-order chi connectivity index (χ0) is 18.1. The Kier molecular flexibility index (Phi) is 4.51. The van der Waals surface area contributed by atoms with Gasteiger partial charge >= 0.3 is 0 Å². The second-order valence-electron chi connectivity index (χ2n) is 7.30. The van der Waals surface area contributed by atoms with Gasteiger partial charge in [-0.25, -0.2) is 0 Å². The van der Waals surface area contributed by atoms with E-state index in [9.17, 15) is 4.79 Å². The van der Waals surface area contributed by atoms with Gasteiger partial charge in [-0.15, -0.1) is 0 Å². The number of rotatable bonds is 4. The van der Waals surface area contributed by atoms with Gasteiger partial charge in [-0.2, -0.15) is 0 Å². The maximum atomic E-state index is 13.0. The molecule has 1 aromatic heterocycles. The standard InChI is InChI=1S/C22H25N3O/c1-16(25-15-7-13-21(25)20-12-6-14-24(20)2)22(26)23-19-11-5-9-17-8-3-4-10-18(17)19/h3-6,8-12,14,16,21H,7,13,15H2,1-2H3,(H,23,26)/p+1/t16-,21-/m1/s1. The number of hydrogen-bond donors (Lipinski definition) is 2. The quantitative estimate of drug-likeness (QED) is 0.748. The van der Waals surface area contributed by atoms with E-state index in [4.69, 9.17) is 0 Å². The number of carbonyl (C=O) groups is 1. The Morgan fingerprint density at radius 3 is 2.77 bits per heavy atom. The van der Waals surface area contributed by atoms with Crippen molar-refractivity contribution in [3.05, 3.63) is 66.5 Å². The number of nitrogens with zero attached hydrogens (tertiary/aromatic N) is 1. The summed E-state index contributed by atoms with van der Waals surface area (Å²) in [5, 5.41) is 5.41. The number of anilines is 1. The fourth-order valence-electron chi connectivity index (χ4n) is 4.31. The summed E-state index contributed by atoms with van der Waals surface area (Å²) >= 11 is 0. The molecule has 2 N–H and O–H groups in total. The third-order valence-corrected chi connectivity index (χ3v) is 5.74. The van der Waals surface area contributed by atoms with Crippen molar-refractivity contribution in [2.24, 2.45) is 7.05 Å². The predicted molar refractivity (Wildman–Crippen MR) is 105 cm³/mol. The highest BCUT2D eigenvalue weighted by Gasteiger charge is 2.38. The highest BCUT2D eigenvalue weighted by atomic mass is 16.2. The van der Waals surface area contributed by atoms with E-state index in [2.05, 4.69) is 60.4 Å². The molecule has 134 valence electrons. The SMILES string of the molecule is C[C@H](C(=O)Nc1cccc2ccccc12)[NH+]1CCC[C@@H]1c1cccn1C. The van der Waals surface area contributed by atoms with Crippen molar-refractivity contribution < 1.29 is 9.69 Å². The molecule has 1 aliphatic rings. The Morgan fingerprint density at radius 1 is 1.15 bits per heavy atom. The molecule has 3 atom stereocenters. The first-order chi connectivity index (χ1) is 12.6. The van der Waals surface area contributed by atoms with Gasteiger partial charge in [0.25, 0.3) is 5.91 Å². The van der Waals surface area contributed by atoms with Crippen LogP contribution in [0.2, 0.25) is 0 Å². The highest BCUT2D eigenvalue weighted by molar-refractivity contribution is 6.03. The summed E-state index contributed by atoms with van der Waals surface area (Å²) in [6.45, 7) is 3.09. The summed E-state index contributed by atoms with van der Waals surface area (Å²) in [7, 11) is 2.09. The minimum absolute atomic E-state index is 0.0867. The Balaban J connectivity index is 1.55. The summed E-state index contributed by atoms with van der Waals surface area (Å²) in [6.07, 6.45) is 4.39. The van der Waals surface area contributed by atoms with Crippen LogP contribution in [-0.2, 0) is 11.8 Å². The third kappa shape index (κ3) is 3.01. The first-order valence-electron chi connectivity index (χ1n) is 9.40. The highest BCUT2D eigenvalue weighted by Crippen LogP contribution is 2.23. The summed E-state index contributed by atoms with van der Waals surface area (Å²) in [4.78, 5) is 14.4. The van der Waals surface area contributed by atoms with Crippen molar-refractivity contribution in [2.75, 3.05) is 11.9 Å². The first kappa shape index (κ1) is 16.9. The fraction of sp³-hybridized carbons (Fsp3) is 0.318. The molecule has 0 aliphatic carbocycles. The smallest absolute Gasteiger partial charge is 0.282 e. The number of nitrogens with one attached hydrogen (secondary N) is 2. The van der Waals surface area contributed by atoms with Crippen LogP contribution in [0.15, 0.2) is 60.8 Å². The number of quaternary nitrogens is 1. The molecule has 0 radical (unpaired) electrons. The van der Waals surface area contributed by atoms with Crippen molar-refractivity contribution in [1.29, 1.82) is 0 Å². The number of likely N-dealkylation sites (tertiary alicyclic amines) is 1. The Morgan fingerprint density at radius 2 is 1.96 bits per heavy atom. The van der Waals surface area contributed by atoms with Gasteiger partial charge < -0.3 is 14.8 Å². The molecule has 1 aliphatic heterocycles. The van der Waals surface area contributed by atoms with Crippen LogP contribution in [0.1, 0.15) is 31.5 Å². The van der Waals surface area contributed by atoms with E-state index < -0.39 is 0 Å². The molecule has 1 amide bonds. The number of benzene rings is 2. The zero-order valence-electron chi connectivity index (χ0n) is 15.4. The summed E-state index contributed by atoms with van der Waals surface area (Å²) < 4.78 is 2.19. The molecule has 3 aromatic rings. The topological polar surface area (TPSA) is 38.5 Å². The molecule has 4 heteroatoms. The van der Waals surface area contributed by atoms with Crippen LogP contribution in [0.3, 0.4) is 0 Å². The Hall–Kier alpha value is -2.59. The van der Waals surface area contributed by atoms with Gasteiger partial charge in [0.2, 0.25) is 0 Å². The molecule has 4 rings (SSSR count). The number of hydrogen-bond acceptors (Lipinski definition) is 1. The van der Waals surface area contributed by atoms with Crippen molar-refractivity contribution in [3.63, 3.8) is 0 Å². The lowest BCUT2D eigenvalue weighted by Gasteiger charge is -2.27. The number of fused-ring (bicyclic) bond motifs is 1. The molecule has 4 nitrogen and oxygen atoms in total. The van der Waals surface area contributed by atoms with Gasteiger partial charge in [0.05, 0.1) is 12.2 Å². The van der Waals surface area contributed by atoms with Gasteiger partial charge in [0.1, 0.15) is 6.04 Å². The minimum atomic E-state index is -0.0867. The molecule has 26 heavy (non-hydrogen) atoms. The van der Waals surface area contributed by atoms with E-state index in [0.29, 0.717) is 6.04 Å². The maximum Gasteiger partial charge on any atom is 0.282 e. The van der Waals surface area contributed by atoms with Crippen LogP contribution in [-0.4, -0.2) is 23.1 Å². The molecular formula is C22H26N3O+. The number of aromatic nitrogens is 1. The summed E-state index contributed by atoms with van der Waals surface area (Å²) in [5.74, 6) is 0.0949. The van der Waals surface area contributed by atoms with E-state index in [1.54, 1.807) is 0 Å². The molecule has 0 spiro atoms. The van der Waals surface area contributed by atoms with Crippen molar-refractivity contribution in [3.8, 4) is 0 Å². The molecule has 2 heterocycles. The monoisotopic (exact) mass is 348 g/mol. The van der Waals surface area contributed by atoms with E-state index in [0.717, 1.165) is 35.8 Å². The maximum absolute atomic E-state index is 13.0. The number of carbonyl (C=O) groups excluding carboxylic acids is 1. The largest absolute Gasteiger partial charge is 0.350 e. The Bertz CT molecular complexity index is 925. The van der Waals surface area contributed by atoms with Crippen LogP contribution in [0.5, 0.6) is 0 Å².